The van der Waals surface area contributed by atoms with Crippen molar-refractivity contribution in [1.82, 2.24) is 0 Å². The Balaban J connectivity index is 1.88. The second-order valence-corrected chi connectivity index (χ2v) is 4.66. The Kier molecular flexibility index (Phi) is 3.97. The Morgan fingerprint density at radius 3 is 2.33 bits per heavy atom. The van der Waals surface area contributed by atoms with Gasteiger partial charge < -0.3 is 14.6 Å². The molecule has 0 saturated heterocycles. The molecule has 4 heteroatoms. The van der Waals surface area contributed by atoms with Crippen molar-refractivity contribution in [1.29, 1.82) is 0 Å². The number of phenols is 1. The van der Waals surface area contributed by atoms with Crippen LogP contribution in [0.4, 0.5) is 0 Å². The smallest absolute Gasteiger partial charge is 0.314 e. The van der Waals surface area contributed by atoms with Crippen LogP contribution in [0.2, 0.25) is 0 Å². The fourth-order valence-electron chi connectivity index (χ4n) is 2.20. The lowest BCUT2D eigenvalue weighted by molar-refractivity contribution is -0.140. The molecule has 0 spiro atoms. The fraction of sp³-hybridized carbons (Fsp3) is 0.429. The van der Waals surface area contributed by atoms with E-state index in [9.17, 15) is 9.59 Å². The lowest BCUT2D eigenvalue weighted by Gasteiger charge is -2.23. The quantitative estimate of drug-likeness (QED) is 0.506. The highest BCUT2D eigenvalue weighted by molar-refractivity contribution is 5.75. The van der Waals surface area contributed by atoms with Crippen LogP contribution >= 0.6 is 0 Å². The Morgan fingerprint density at radius 2 is 1.78 bits per heavy atom. The molecule has 1 aliphatic carbocycles. The third-order valence-electron chi connectivity index (χ3n) is 3.35. The summed E-state index contributed by atoms with van der Waals surface area (Å²) >= 11 is 0. The number of aldehydes is 1. The van der Waals surface area contributed by atoms with E-state index in [1.807, 2.05) is 0 Å². The highest BCUT2D eigenvalue weighted by Crippen LogP contribution is 2.29. The van der Waals surface area contributed by atoms with E-state index in [1.54, 1.807) is 12.1 Å². The van der Waals surface area contributed by atoms with Crippen LogP contribution in [0.15, 0.2) is 24.3 Å². The maximum atomic E-state index is 11.9. The van der Waals surface area contributed by atoms with Crippen molar-refractivity contribution in [2.75, 3.05) is 0 Å². The zero-order valence-electron chi connectivity index (χ0n) is 10.0. The van der Waals surface area contributed by atoms with E-state index in [2.05, 4.69) is 0 Å². The third-order valence-corrected chi connectivity index (χ3v) is 3.35. The molecule has 0 heterocycles. The fourth-order valence-corrected chi connectivity index (χ4v) is 2.20. The number of rotatable bonds is 3. The second kappa shape index (κ2) is 5.67. The number of hydrogen-bond donors (Lipinski definition) is 1. The summed E-state index contributed by atoms with van der Waals surface area (Å²) in [6.07, 6.45) is 3.92. The molecule has 2 rings (SSSR count). The van der Waals surface area contributed by atoms with Crippen molar-refractivity contribution in [3.8, 4) is 11.5 Å². The SMILES string of the molecule is O=C[C@H]1CC[C@H](C(=O)Oc2ccc(O)cc2)CC1. The predicted octanol–water partition coefficient (Wildman–Crippen LogP) is 2.30. The van der Waals surface area contributed by atoms with Crippen molar-refractivity contribution in [2.24, 2.45) is 11.8 Å². The number of hydrogen-bond acceptors (Lipinski definition) is 4. The highest BCUT2D eigenvalue weighted by atomic mass is 16.5. The molecule has 18 heavy (non-hydrogen) atoms. The first-order chi connectivity index (χ1) is 8.69. The van der Waals surface area contributed by atoms with E-state index in [0.717, 1.165) is 19.1 Å². The van der Waals surface area contributed by atoms with Gasteiger partial charge in [0.1, 0.15) is 17.8 Å². The van der Waals surface area contributed by atoms with Crippen LogP contribution in [0.25, 0.3) is 0 Å². The molecular weight excluding hydrogens is 232 g/mol. The Hall–Kier alpha value is -1.84. The van der Waals surface area contributed by atoms with Gasteiger partial charge >= 0.3 is 5.97 Å². The Bertz CT molecular complexity index is 416. The third kappa shape index (κ3) is 3.09. The molecule has 0 amide bonds. The van der Waals surface area contributed by atoms with E-state index in [1.165, 1.54) is 12.1 Å². The number of aromatic hydroxyl groups is 1. The maximum absolute atomic E-state index is 11.9. The molecular formula is C14H16O4. The number of benzene rings is 1. The summed E-state index contributed by atoms with van der Waals surface area (Å²) < 4.78 is 5.24. The van der Waals surface area contributed by atoms with Crippen LogP contribution < -0.4 is 4.74 Å². The average molecular weight is 248 g/mol. The van der Waals surface area contributed by atoms with Gasteiger partial charge in [-0.2, -0.15) is 0 Å². The molecule has 96 valence electrons. The largest absolute Gasteiger partial charge is 0.508 e. The molecule has 1 N–H and O–H groups in total. The number of carbonyl (C=O) groups is 2. The van der Waals surface area contributed by atoms with Crippen LogP contribution in [0.5, 0.6) is 11.5 Å². The lowest BCUT2D eigenvalue weighted by atomic mass is 9.83. The van der Waals surface area contributed by atoms with Gasteiger partial charge in [0.15, 0.2) is 0 Å². The van der Waals surface area contributed by atoms with Gasteiger partial charge in [-0.15, -0.1) is 0 Å². The molecule has 0 atom stereocenters. The van der Waals surface area contributed by atoms with Gasteiger partial charge in [0.25, 0.3) is 0 Å². The number of phenolic OH excluding ortho intramolecular Hbond substituents is 1. The minimum atomic E-state index is -0.245. The van der Waals surface area contributed by atoms with E-state index in [-0.39, 0.29) is 23.6 Å². The number of carbonyl (C=O) groups excluding carboxylic acids is 2. The molecule has 4 nitrogen and oxygen atoms in total. The van der Waals surface area contributed by atoms with Crippen LogP contribution in [-0.4, -0.2) is 17.4 Å². The second-order valence-electron chi connectivity index (χ2n) is 4.66. The molecule has 1 saturated carbocycles. The summed E-state index contributed by atoms with van der Waals surface area (Å²) in [6, 6.07) is 6.08. The van der Waals surface area contributed by atoms with Gasteiger partial charge in [0, 0.05) is 5.92 Å². The van der Waals surface area contributed by atoms with Gasteiger partial charge in [-0.1, -0.05) is 0 Å². The minimum absolute atomic E-state index is 0.0997. The molecule has 0 aliphatic heterocycles. The first kappa shape index (κ1) is 12.6. The molecule has 1 fully saturated rings. The molecule has 1 aromatic carbocycles. The van der Waals surface area contributed by atoms with E-state index in [0.29, 0.717) is 18.6 Å². The standard InChI is InChI=1S/C14H16O4/c15-9-10-1-3-11(4-2-10)14(17)18-13-7-5-12(16)6-8-13/h5-11,16H,1-4H2/t10-,11-. The number of esters is 1. The van der Waals surface area contributed by atoms with Crippen molar-refractivity contribution in [3.63, 3.8) is 0 Å². The topological polar surface area (TPSA) is 63.6 Å². The summed E-state index contributed by atoms with van der Waals surface area (Å²) in [7, 11) is 0. The normalized spacial score (nSPS) is 23.3. The first-order valence-corrected chi connectivity index (χ1v) is 6.15. The molecule has 0 unspecified atom stereocenters. The zero-order valence-corrected chi connectivity index (χ0v) is 10.0. The summed E-state index contributed by atoms with van der Waals surface area (Å²) in [5, 5.41) is 9.12. The van der Waals surface area contributed by atoms with Gasteiger partial charge in [-0.25, -0.2) is 0 Å². The average Bonchev–Trinajstić information content (AvgIpc) is 2.41. The predicted molar refractivity (Wildman–Crippen MR) is 65.3 cm³/mol. The van der Waals surface area contributed by atoms with E-state index >= 15 is 0 Å². The van der Waals surface area contributed by atoms with E-state index in [4.69, 9.17) is 9.84 Å². The monoisotopic (exact) mass is 248 g/mol. The molecule has 0 aromatic heterocycles. The minimum Gasteiger partial charge on any atom is -0.508 e. The maximum Gasteiger partial charge on any atom is 0.314 e. The van der Waals surface area contributed by atoms with Gasteiger partial charge in [-0.05, 0) is 49.9 Å². The van der Waals surface area contributed by atoms with Crippen molar-refractivity contribution in [2.45, 2.75) is 25.7 Å². The Labute approximate surface area is 106 Å². The molecule has 1 aliphatic rings. The highest BCUT2D eigenvalue weighted by Gasteiger charge is 2.27. The Morgan fingerprint density at radius 1 is 1.17 bits per heavy atom. The van der Waals surface area contributed by atoms with Gasteiger partial charge in [0.2, 0.25) is 0 Å². The summed E-state index contributed by atoms with van der Waals surface area (Å²) in [5.41, 5.74) is 0. The van der Waals surface area contributed by atoms with Gasteiger partial charge in [-0.3, -0.25) is 4.79 Å². The summed E-state index contributed by atoms with van der Waals surface area (Å²) in [6.45, 7) is 0. The lowest BCUT2D eigenvalue weighted by Crippen LogP contribution is -2.26. The van der Waals surface area contributed by atoms with Crippen LogP contribution in [0.3, 0.4) is 0 Å². The van der Waals surface area contributed by atoms with Crippen molar-refractivity contribution >= 4 is 12.3 Å². The molecule has 0 bridgehead atoms. The van der Waals surface area contributed by atoms with Crippen molar-refractivity contribution < 1.29 is 19.4 Å². The summed E-state index contributed by atoms with van der Waals surface area (Å²) in [4.78, 5) is 22.5. The van der Waals surface area contributed by atoms with Gasteiger partial charge in [0.05, 0.1) is 5.92 Å². The summed E-state index contributed by atoms with van der Waals surface area (Å²) in [5.74, 6) is 0.319. The van der Waals surface area contributed by atoms with Crippen LogP contribution in [-0.2, 0) is 9.59 Å². The van der Waals surface area contributed by atoms with E-state index < -0.39 is 0 Å². The first-order valence-electron chi connectivity index (χ1n) is 6.15. The number of ether oxygens (including phenoxy) is 1. The zero-order chi connectivity index (χ0) is 13.0. The van der Waals surface area contributed by atoms with Crippen LogP contribution in [0, 0.1) is 11.8 Å². The van der Waals surface area contributed by atoms with Crippen molar-refractivity contribution in [3.05, 3.63) is 24.3 Å². The molecule has 0 radical (unpaired) electrons. The molecule has 1 aromatic rings. The van der Waals surface area contributed by atoms with Crippen LogP contribution in [0.1, 0.15) is 25.7 Å².